The zero-order chi connectivity index (χ0) is 19.5. The number of amides is 2. The molecule has 1 saturated heterocycles. The van der Waals surface area contributed by atoms with Crippen molar-refractivity contribution >= 4 is 17.5 Å². The number of hydrogen-bond acceptors (Lipinski definition) is 4. The average Bonchev–Trinajstić information content (AvgIpc) is 2.60. The van der Waals surface area contributed by atoms with Crippen molar-refractivity contribution in [2.24, 2.45) is 5.92 Å². The van der Waals surface area contributed by atoms with Crippen LogP contribution in [-0.2, 0) is 9.59 Å². The highest BCUT2D eigenvalue weighted by Gasteiger charge is 2.48. The number of likely N-dealkylation sites (tertiary alicyclic amines) is 1. The Balaban J connectivity index is 2.15. The maximum absolute atomic E-state index is 13.1. The van der Waals surface area contributed by atoms with Gasteiger partial charge in [-0.2, -0.15) is 18.4 Å². The zero-order valence-corrected chi connectivity index (χ0v) is 14.3. The summed E-state index contributed by atoms with van der Waals surface area (Å²) >= 11 is 0. The van der Waals surface area contributed by atoms with Crippen molar-refractivity contribution in [1.82, 2.24) is 4.90 Å². The molecule has 2 atom stereocenters. The van der Waals surface area contributed by atoms with Gasteiger partial charge in [-0.25, -0.2) is 0 Å². The Kier molecular flexibility index (Phi) is 5.75. The second-order valence-corrected chi connectivity index (χ2v) is 6.01. The summed E-state index contributed by atoms with van der Waals surface area (Å²) in [6.07, 6.45) is -4.32. The van der Waals surface area contributed by atoms with Crippen LogP contribution in [0.25, 0.3) is 0 Å². The predicted molar refractivity (Wildman–Crippen MR) is 86.3 cm³/mol. The molecular weight excluding hydrogens is 351 g/mol. The van der Waals surface area contributed by atoms with E-state index in [-0.39, 0.29) is 30.8 Å². The highest BCUT2D eigenvalue weighted by atomic mass is 19.4. The number of piperidine rings is 1. The molecule has 0 radical (unpaired) electrons. The summed E-state index contributed by atoms with van der Waals surface area (Å²) in [5.41, 5.74) is 0.450. The lowest BCUT2D eigenvalue weighted by Crippen LogP contribution is -2.53. The first-order valence-electron chi connectivity index (χ1n) is 7.95. The van der Waals surface area contributed by atoms with Gasteiger partial charge < -0.3 is 15.0 Å². The molecule has 1 aliphatic rings. The first-order chi connectivity index (χ1) is 12.2. The maximum Gasteiger partial charge on any atom is 0.393 e. The first kappa shape index (κ1) is 19.6. The summed E-state index contributed by atoms with van der Waals surface area (Å²) in [5.74, 6) is -3.57. The van der Waals surface area contributed by atoms with Crippen molar-refractivity contribution in [1.29, 1.82) is 5.26 Å². The number of halogens is 3. The van der Waals surface area contributed by atoms with E-state index in [4.69, 9.17) is 10.00 Å². The van der Waals surface area contributed by atoms with Crippen molar-refractivity contribution in [3.8, 4) is 11.8 Å². The molecule has 0 bridgehead atoms. The normalized spacial score (nSPS) is 20.2. The third-order valence-electron chi connectivity index (χ3n) is 4.44. The van der Waals surface area contributed by atoms with Crippen LogP contribution in [0.3, 0.4) is 0 Å². The molecule has 2 rings (SSSR count). The number of hydrogen-bond donors (Lipinski definition) is 1. The predicted octanol–water partition coefficient (Wildman–Crippen LogP) is 2.69. The molecule has 140 valence electrons. The number of nitrogens with one attached hydrogen (secondary N) is 1. The molecule has 2 amide bonds. The number of alkyl halides is 3. The number of nitrogens with zero attached hydrogens (tertiary/aromatic N) is 2. The largest absolute Gasteiger partial charge is 0.495 e. The van der Waals surface area contributed by atoms with Crippen LogP contribution in [-0.4, -0.2) is 42.6 Å². The van der Waals surface area contributed by atoms with E-state index in [0.29, 0.717) is 5.56 Å². The van der Waals surface area contributed by atoms with Crippen LogP contribution in [0.2, 0.25) is 0 Å². The van der Waals surface area contributed by atoms with E-state index in [9.17, 15) is 22.8 Å². The van der Waals surface area contributed by atoms with Gasteiger partial charge in [-0.1, -0.05) is 0 Å². The van der Waals surface area contributed by atoms with Crippen molar-refractivity contribution in [2.75, 3.05) is 19.0 Å². The molecule has 26 heavy (non-hydrogen) atoms. The van der Waals surface area contributed by atoms with Crippen LogP contribution in [0.5, 0.6) is 5.75 Å². The quantitative estimate of drug-likeness (QED) is 0.813. The van der Waals surface area contributed by atoms with Gasteiger partial charge in [0.15, 0.2) is 0 Å². The molecule has 0 saturated carbocycles. The molecule has 0 aliphatic carbocycles. The van der Waals surface area contributed by atoms with Crippen LogP contribution in [0.4, 0.5) is 18.9 Å². The van der Waals surface area contributed by atoms with Gasteiger partial charge in [0.05, 0.1) is 30.3 Å². The molecule has 1 fully saturated rings. The van der Waals surface area contributed by atoms with E-state index < -0.39 is 30.0 Å². The van der Waals surface area contributed by atoms with E-state index >= 15 is 0 Å². The minimum Gasteiger partial charge on any atom is -0.495 e. The number of benzene rings is 1. The number of methoxy groups -OCH3 is 1. The Morgan fingerprint density at radius 1 is 1.38 bits per heavy atom. The monoisotopic (exact) mass is 369 g/mol. The van der Waals surface area contributed by atoms with E-state index in [1.807, 2.05) is 6.07 Å². The number of anilines is 1. The van der Waals surface area contributed by atoms with Crippen LogP contribution in [0.15, 0.2) is 18.2 Å². The summed E-state index contributed by atoms with van der Waals surface area (Å²) < 4.78 is 44.3. The SMILES string of the molecule is COc1cc(C#N)ccc1NC(=O)C(=O)N1CCCC(C(F)(F)F)C1C. The lowest BCUT2D eigenvalue weighted by molar-refractivity contribution is -0.200. The van der Waals surface area contributed by atoms with Crippen molar-refractivity contribution in [3.63, 3.8) is 0 Å². The molecule has 0 spiro atoms. The number of nitriles is 1. The van der Waals surface area contributed by atoms with Gasteiger partial charge in [-0.3, -0.25) is 9.59 Å². The second kappa shape index (κ2) is 7.64. The minimum atomic E-state index is -4.43. The molecule has 9 heteroatoms. The van der Waals surface area contributed by atoms with Gasteiger partial charge in [0.25, 0.3) is 0 Å². The van der Waals surface area contributed by atoms with E-state index in [1.54, 1.807) is 0 Å². The fourth-order valence-electron chi connectivity index (χ4n) is 3.04. The fourth-order valence-corrected chi connectivity index (χ4v) is 3.04. The maximum atomic E-state index is 13.1. The molecule has 0 aromatic heterocycles. The van der Waals surface area contributed by atoms with Crippen LogP contribution in [0, 0.1) is 17.2 Å². The Labute approximate surface area is 148 Å². The summed E-state index contributed by atoms with van der Waals surface area (Å²) in [7, 11) is 1.33. The van der Waals surface area contributed by atoms with Crippen LogP contribution in [0.1, 0.15) is 25.3 Å². The number of carbonyl (C=O) groups is 2. The summed E-state index contributed by atoms with van der Waals surface area (Å²) in [6.45, 7) is 1.38. The van der Waals surface area contributed by atoms with Crippen molar-refractivity contribution in [3.05, 3.63) is 23.8 Å². The Hall–Kier alpha value is -2.76. The van der Waals surface area contributed by atoms with E-state index in [0.717, 1.165) is 4.90 Å². The van der Waals surface area contributed by atoms with Gasteiger partial charge in [0.1, 0.15) is 5.75 Å². The minimum absolute atomic E-state index is 0.0699. The molecule has 1 N–H and O–H groups in total. The third kappa shape index (κ3) is 4.07. The van der Waals surface area contributed by atoms with Gasteiger partial charge in [0, 0.05) is 18.7 Å². The topological polar surface area (TPSA) is 82.4 Å². The lowest BCUT2D eigenvalue weighted by Gasteiger charge is -2.39. The second-order valence-electron chi connectivity index (χ2n) is 6.01. The molecule has 2 unspecified atom stereocenters. The van der Waals surface area contributed by atoms with E-state index in [1.165, 1.54) is 32.2 Å². The molecule has 1 aliphatic heterocycles. The summed E-state index contributed by atoms with van der Waals surface area (Å²) in [6, 6.07) is 4.98. The Morgan fingerprint density at radius 3 is 2.65 bits per heavy atom. The third-order valence-corrected chi connectivity index (χ3v) is 4.44. The molecule has 1 aromatic carbocycles. The molecular formula is C17H18F3N3O3. The smallest absolute Gasteiger partial charge is 0.393 e. The number of carbonyl (C=O) groups excluding carboxylic acids is 2. The summed E-state index contributed by atoms with van der Waals surface area (Å²) in [5, 5.41) is 11.2. The van der Waals surface area contributed by atoms with Crippen molar-refractivity contribution < 1.29 is 27.5 Å². The van der Waals surface area contributed by atoms with E-state index in [2.05, 4.69) is 5.32 Å². The first-order valence-corrected chi connectivity index (χ1v) is 7.95. The van der Waals surface area contributed by atoms with Crippen LogP contribution < -0.4 is 10.1 Å². The van der Waals surface area contributed by atoms with Crippen LogP contribution >= 0.6 is 0 Å². The van der Waals surface area contributed by atoms with Gasteiger partial charge in [0.2, 0.25) is 0 Å². The van der Waals surface area contributed by atoms with Gasteiger partial charge in [-0.05, 0) is 31.9 Å². The molecule has 1 heterocycles. The Bertz CT molecular complexity index is 743. The highest BCUT2D eigenvalue weighted by molar-refractivity contribution is 6.39. The molecule has 6 nitrogen and oxygen atoms in total. The molecule has 1 aromatic rings. The van der Waals surface area contributed by atoms with Gasteiger partial charge >= 0.3 is 18.0 Å². The lowest BCUT2D eigenvalue weighted by atomic mass is 9.89. The highest BCUT2D eigenvalue weighted by Crippen LogP contribution is 2.37. The standard InChI is InChI=1S/C17H18F3N3O3/c1-10-12(17(18,19)20)4-3-7-23(10)16(25)15(24)22-13-6-5-11(9-21)8-14(13)26-2/h5-6,8,10,12H,3-4,7H2,1-2H3,(H,22,24). The Morgan fingerprint density at radius 2 is 2.08 bits per heavy atom. The average molecular weight is 369 g/mol. The summed E-state index contributed by atoms with van der Waals surface area (Å²) in [4.78, 5) is 25.5. The number of ether oxygens (including phenoxy) is 1. The fraction of sp³-hybridized carbons (Fsp3) is 0.471. The zero-order valence-electron chi connectivity index (χ0n) is 14.3. The van der Waals surface area contributed by atoms with Gasteiger partial charge in [-0.15, -0.1) is 0 Å². The number of rotatable bonds is 2. The van der Waals surface area contributed by atoms with Crippen molar-refractivity contribution in [2.45, 2.75) is 32.0 Å².